The molecule has 2 aromatic rings. The molecule has 0 fully saturated rings. The Morgan fingerprint density at radius 3 is 2.33 bits per heavy atom. The van der Waals surface area contributed by atoms with Gasteiger partial charge in [0.2, 0.25) is 15.8 Å². The van der Waals surface area contributed by atoms with Crippen molar-refractivity contribution in [1.29, 1.82) is 0 Å². The molecule has 0 aliphatic rings. The molecule has 0 spiro atoms. The van der Waals surface area contributed by atoms with Crippen LogP contribution >= 0.6 is 0 Å². The Labute approximate surface area is 157 Å². The molecule has 0 unspecified atom stereocenters. The third-order valence-corrected chi connectivity index (χ3v) is 4.44. The van der Waals surface area contributed by atoms with Crippen LogP contribution in [-0.4, -0.2) is 43.8 Å². The molecule has 1 aromatic heterocycles. The molecule has 0 saturated carbocycles. The second-order valence-corrected chi connectivity index (χ2v) is 7.85. The van der Waals surface area contributed by atoms with Gasteiger partial charge in [0.1, 0.15) is 0 Å². The number of hydrogen-bond donors (Lipinski definition) is 2. The van der Waals surface area contributed by atoms with Gasteiger partial charge < -0.3 is 9.72 Å². The first-order valence-electron chi connectivity index (χ1n) is 7.98. The third kappa shape index (κ3) is 4.82. The van der Waals surface area contributed by atoms with Crippen molar-refractivity contribution in [2.24, 2.45) is 0 Å². The SMILES string of the molecule is CC(=O)c1c(C)[nH]c(C(=O)COC(=O)c2ccccc2NS(C)(=O)=O)c1C. The van der Waals surface area contributed by atoms with Gasteiger partial charge >= 0.3 is 5.97 Å². The van der Waals surface area contributed by atoms with Crippen molar-refractivity contribution < 1.29 is 27.5 Å². The number of para-hydroxylation sites is 1. The average Bonchev–Trinajstić information content (AvgIpc) is 2.86. The van der Waals surface area contributed by atoms with E-state index in [1.54, 1.807) is 26.0 Å². The minimum absolute atomic E-state index is 0.0143. The predicted octanol–water partition coefficient (Wildman–Crippen LogP) is 2.25. The van der Waals surface area contributed by atoms with E-state index in [0.29, 0.717) is 16.8 Å². The fourth-order valence-electron chi connectivity index (χ4n) is 2.79. The number of Topliss-reactive ketones (excluding diaryl/α,β-unsaturated/α-hetero) is 2. The van der Waals surface area contributed by atoms with Gasteiger partial charge in [-0.05, 0) is 38.5 Å². The van der Waals surface area contributed by atoms with Crippen molar-refractivity contribution in [1.82, 2.24) is 4.98 Å². The molecular weight excluding hydrogens is 372 g/mol. The predicted molar refractivity (Wildman–Crippen MR) is 99.8 cm³/mol. The van der Waals surface area contributed by atoms with Gasteiger partial charge in [0, 0.05) is 11.3 Å². The van der Waals surface area contributed by atoms with Crippen molar-refractivity contribution >= 4 is 33.2 Å². The smallest absolute Gasteiger partial charge is 0.340 e. The maximum atomic E-state index is 12.4. The lowest BCUT2D eigenvalue weighted by molar-refractivity contribution is 0.0474. The maximum absolute atomic E-state index is 12.4. The van der Waals surface area contributed by atoms with Gasteiger partial charge in [0.25, 0.3) is 0 Å². The molecule has 0 atom stereocenters. The van der Waals surface area contributed by atoms with Gasteiger partial charge in [-0.2, -0.15) is 0 Å². The lowest BCUT2D eigenvalue weighted by Crippen LogP contribution is -2.18. The van der Waals surface area contributed by atoms with Crippen LogP contribution in [-0.2, 0) is 14.8 Å². The zero-order chi connectivity index (χ0) is 20.4. The van der Waals surface area contributed by atoms with E-state index in [2.05, 4.69) is 9.71 Å². The number of ketones is 2. The molecule has 8 nitrogen and oxygen atoms in total. The molecule has 0 aliphatic heterocycles. The van der Waals surface area contributed by atoms with Crippen molar-refractivity contribution in [3.05, 3.63) is 52.3 Å². The summed E-state index contributed by atoms with van der Waals surface area (Å²) in [5.41, 5.74) is 1.75. The van der Waals surface area contributed by atoms with Crippen molar-refractivity contribution in [3.8, 4) is 0 Å². The van der Waals surface area contributed by atoms with E-state index in [-0.39, 0.29) is 22.7 Å². The minimum Gasteiger partial charge on any atom is -0.454 e. The maximum Gasteiger partial charge on any atom is 0.340 e. The van der Waals surface area contributed by atoms with Gasteiger partial charge in [-0.25, -0.2) is 13.2 Å². The van der Waals surface area contributed by atoms with Crippen LogP contribution in [0.5, 0.6) is 0 Å². The number of aromatic amines is 1. The summed E-state index contributed by atoms with van der Waals surface area (Å²) in [4.78, 5) is 39.2. The molecule has 0 amide bonds. The summed E-state index contributed by atoms with van der Waals surface area (Å²) in [5, 5.41) is 0. The molecule has 2 N–H and O–H groups in total. The van der Waals surface area contributed by atoms with Crippen LogP contribution < -0.4 is 4.72 Å². The number of rotatable bonds is 7. The second kappa shape index (κ2) is 7.75. The first kappa shape index (κ1) is 20.4. The number of carbonyl (C=O) groups is 3. The Hall–Kier alpha value is -2.94. The lowest BCUT2D eigenvalue weighted by atomic mass is 10.1. The third-order valence-electron chi connectivity index (χ3n) is 3.85. The van der Waals surface area contributed by atoms with Gasteiger partial charge in [-0.3, -0.25) is 14.3 Å². The Morgan fingerprint density at radius 1 is 1.15 bits per heavy atom. The van der Waals surface area contributed by atoms with E-state index in [0.717, 1.165) is 6.26 Å². The topological polar surface area (TPSA) is 122 Å². The number of H-pyrrole nitrogens is 1. The Balaban J connectivity index is 2.16. The van der Waals surface area contributed by atoms with Gasteiger partial charge in [-0.15, -0.1) is 0 Å². The van der Waals surface area contributed by atoms with Gasteiger partial charge in [0.15, 0.2) is 12.4 Å². The summed E-state index contributed by atoms with van der Waals surface area (Å²) < 4.78 is 30.1. The van der Waals surface area contributed by atoms with E-state index in [4.69, 9.17) is 4.74 Å². The number of esters is 1. The molecular formula is C18H20N2O6S. The first-order valence-corrected chi connectivity index (χ1v) is 9.87. The van der Waals surface area contributed by atoms with Gasteiger partial charge in [0.05, 0.1) is 23.2 Å². The van der Waals surface area contributed by atoms with Crippen molar-refractivity contribution in [3.63, 3.8) is 0 Å². The molecule has 0 saturated heterocycles. The van der Waals surface area contributed by atoms with Crippen molar-refractivity contribution in [2.75, 3.05) is 17.6 Å². The molecule has 0 bridgehead atoms. The van der Waals surface area contributed by atoms with Crippen molar-refractivity contribution in [2.45, 2.75) is 20.8 Å². The largest absolute Gasteiger partial charge is 0.454 e. The summed E-state index contributed by atoms with van der Waals surface area (Å²) in [6.07, 6.45) is 0.960. The Bertz CT molecular complexity index is 1020. The number of hydrogen-bond acceptors (Lipinski definition) is 6. The number of sulfonamides is 1. The number of ether oxygens (including phenoxy) is 1. The van der Waals surface area contributed by atoms with Crippen LogP contribution in [0, 0.1) is 13.8 Å². The second-order valence-electron chi connectivity index (χ2n) is 6.10. The molecule has 0 radical (unpaired) electrons. The zero-order valence-electron chi connectivity index (χ0n) is 15.4. The summed E-state index contributed by atoms with van der Waals surface area (Å²) in [6.45, 7) is 4.17. The van der Waals surface area contributed by atoms with E-state index in [9.17, 15) is 22.8 Å². The number of nitrogens with one attached hydrogen (secondary N) is 2. The normalized spacial score (nSPS) is 11.1. The lowest BCUT2D eigenvalue weighted by Gasteiger charge is -2.10. The Morgan fingerprint density at radius 2 is 1.78 bits per heavy atom. The zero-order valence-corrected chi connectivity index (χ0v) is 16.2. The number of aromatic nitrogens is 1. The summed E-state index contributed by atoms with van der Waals surface area (Å²) in [5.74, 6) is -1.51. The highest BCUT2D eigenvalue weighted by Gasteiger charge is 2.22. The molecule has 9 heteroatoms. The number of carbonyl (C=O) groups excluding carboxylic acids is 3. The minimum atomic E-state index is -3.58. The standard InChI is InChI=1S/C18H20N2O6S/c1-10-16(12(3)21)11(2)19-17(10)15(22)9-26-18(23)13-7-5-6-8-14(13)20-27(4,24)25/h5-8,19-20H,9H2,1-4H3. The number of anilines is 1. The Kier molecular flexibility index (Phi) is 5.85. The van der Waals surface area contributed by atoms with Crippen LogP contribution in [0.15, 0.2) is 24.3 Å². The number of benzene rings is 1. The van der Waals surface area contributed by atoms with Crippen LogP contribution in [0.1, 0.15) is 49.4 Å². The van der Waals surface area contributed by atoms with Crippen LogP contribution in [0.4, 0.5) is 5.69 Å². The molecule has 1 aromatic carbocycles. The monoisotopic (exact) mass is 392 g/mol. The highest BCUT2D eigenvalue weighted by atomic mass is 32.2. The van der Waals surface area contributed by atoms with E-state index in [1.165, 1.54) is 19.1 Å². The number of aryl methyl sites for hydroxylation is 1. The van der Waals surface area contributed by atoms with Gasteiger partial charge in [-0.1, -0.05) is 12.1 Å². The van der Waals surface area contributed by atoms with Crippen LogP contribution in [0.2, 0.25) is 0 Å². The van der Waals surface area contributed by atoms with Crippen LogP contribution in [0.3, 0.4) is 0 Å². The molecule has 1 heterocycles. The summed E-state index contributed by atoms with van der Waals surface area (Å²) in [6, 6.07) is 5.91. The fraction of sp³-hybridized carbons (Fsp3) is 0.278. The molecule has 144 valence electrons. The molecule has 2 rings (SSSR count). The molecule has 0 aliphatic carbocycles. The average molecular weight is 392 g/mol. The highest BCUT2D eigenvalue weighted by Crippen LogP contribution is 2.20. The summed E-state index contributed by atoms with van der Waals surface area (Å²) in [7, 11) is -3.58. The molecule has 27 heavy (non-hydrogen) atoms. The van der Waals surface area contributed by atoms with E-state index < -0.39 is 28.4 Å². The summed E-state index contributed by atoms with van der Waals surface area (Å²) >= 11 is 0. The first-order chi connectivity index (χ1) is 12.5. The highest BCUT2D eigenvalue weighted by molar-refractivity contribution is 7.92. The quantitative estimate of drug-likeness (QED) is 0.550. The van der Waals surface area contributed by atoms with Crippen LogP contribution in [0.25, 0.3) is 0 Å². The fourth-order valence-corrected chi connectivity index (χ4v) is 3.37. The van der Waals surface area contributed by atoms with E-state index in [1.807, 2.05) is 0 Å². The van der Waals surface area contributed by atoms with E-state index >= 15 is 0 Å².